The summed E-state index contributed by atoms with van der Waals surface area (Å²) in [5.41, 5.74) is 0. The molecule has 0 saturated carbocycles. The topological polar surface area (TPSA) is 86.7 Å². The van der Waals surface area contributed by atoms with Gasteiger partial charge in [-0.1, -0.05) is 0 Å². The third-order valence-corrected chi connectivity index (χ3v) is 6.93. The van der Waals surface area contributed by atoms with E-state index in [-0.39, 0.29) is 20.8 Å². The van der Waals surface area contributed by atoms with E-state index in [1.165, 1.54) is 0 Å². The molecule has 0 bridgehead atoms. The van der Waals surface area contributed by atoms with Crippen LogP contribution in [-0.2, 0) is 28.9 Å². The summed E-state index contributed by atoms with van der Waals surface area (Å²) in [5.74, 6) is 0. The van der Waals surface area contributed by atoms with Crippen molar-refractivity contribution in [3.63, 3.8) is 0 Å². The predicted octanol–water partition coefficient (Wildman–Crippen LogP) is 2.53. The fraction of sp³-hybridized carbons (Fsp3) is 1.00. The number of rotatable bonds is 8. The smallest absolute Gasteiger partial charge is 0.219 e. The summed E-state index contributed by atoms with van der Waals surface area (Å²) >= 11 is -0.959. The Balaban J connectivity index is 5.76. The van der Waals surface area contributed by atoms with Gasteiger partial charge in [0.1, 0.15) is 12.0 Å². The van der Waals surface area contributed by atoms with Crippen molar-refractivity contribution in [2.45, 2.75) is 41.3 Å². The molecule has 0 unspecified atom stereocenters. The maximum atomic E-state index is 12.9. The first-order valence-corrected chi connectivity index (χ1v) is 8.79. The fourth-order valence-corrected chi connectivity index (χ4v) is 4.37. The Labute approximate surface area is 126 Å². The molecule has 0 heterocycles. The summed E-state index contributed by atoms with van der Waals surface area (Å²) in [4.78, 5) is 3.45. The van der Waals surface area contributed by atoms with E-state index in [0.717, 1.165) is 0 Å². The average molecular weight is 400 g/mol. The summed E-state index contributed by atoms with van der Waals surface area (Å²) in [6.07, 6.45) is 0. The standard InChI is InChI=1S/C7H10F6O6S3/c1-5(8,9)20-19-18-4(21(14,15)6(2,10)11)22(16,17)7(3,12)13/h4H,1-3H3. The Morgan fingerprint density at radius 1 is 0.818 bits per heavy atom. The molecule has 0 aromatic carbocycles. The number of sulfone groups is 2. The van der Waals surface area contributed by atoms with Crippen LogP contribution in [0.1, 0.15) is 20.8 Å². The van der Waals surface area contributed by atoms with E-state index in [2.05, 4.69) is 9.22 Å². The second-order valence-corrected chi connectivity index (χ2v) is 9.84. The van der Waals surface area contributed by atoms with Gasteiger partial charge in [-0.15, -0.1) is 0 Å². The lowest BCUT2D eigenvalue weighted by molar-refractivity contribution is -0.191. The number of alkyl halides is 6. The van der Waals surface area contributed by atoms with Crippen LogP contribution in [0.4, 0.5) is 26.3 Å². The normalized spacial score (nSPS) is 15.4. The highest BCUT2D eigenvalue weighted by Gasteiger charge is 2.60. The molecular weight excluding hydrogens is 390 g/mol. The van der Waals surface area contributed by atoms with Crippen molar-refractivity contribution in [1.29, 1.82) is 0 Å². The van der Waals surface area contributed by atoms with Crippen LogP contribution in [0.25, 0.3) is 0 Å². The zero-order chi connectivity index (χ0) is 18.2. The van der Waals surface area contributed by atoms with Crippen LogP contribution in [0.2, 0.25) is 0 Å². The first kappa shape index (κ1) is 21.8. The van der Waals surface area contributed by atoms with Gasteiger partial charge >= 0.3 is 20.5 Å². The Morgan fingerprint density at radius 2 is 1.14 bits per heavy atom. The lowest BCUT2D eigenvalue weighted by atomic mass is 10.9. The largest absolute Gasteiger partial charge is 0.346 e. The van der Waals surface area contributed by atoms with E-state index in [1.807, 2.05) is 0 Å². The zero-order valence-electron chi connectivity index (χ0n) is 11.0. The molecule has 0 aromatic heterocycles. The van der Waals surface area contributed by atoms with Crippen molar-refractivity contribution in [1.82, 2.24) is 0 Å². The van der Waals surface area contributed by atoms with E-state index < -0.39 is 52.2 Å². The third-order valence-electron chi connectivity index (χ3n) is 1.80. The van der Waals surface area contributed by atoms with Gasteiger partial charge in [0.05, 0.1) is 0 Å². The van der Waals surface area contributed by atoms with Crippen molar-refractivity contribution in [3.05, 3.63) is 0 Å². The van der Waals surface area contributed by atoms with Gasteiger partial charge in [-0.3, -0.25) is 0 Å². The highest BCUT2D eigenvalue weighted by molar-refractivity contribution is 8.09. The van der Waals surface area contributed by atoms with Crippen molar-refractivity contribution >= 4 is 31.7 Å². The lowest BCUT2D eigenvalue weighted by Crippen LogP contribution is -2.47. The molecule has 0 aliphatic heterocycles. The maximum absolute atomic E-state index is 12.9. The summed E-state index contributed by atoms with van der Waals surface area (Å²) < 4.78 is 121. The molecule has 0 N–H and O–H groups in total. The van der Waals surface area contributed by atoms with Crippen LogP contribution in [0, 0.1) is 0 Å². The van der Waals surface area contributed by atoms with Gasteiger partial charge in [0, 0.05) is 20.8 Å². The van der Waals surface area contributed by atoms with Crippen LogP contribution in [0.5, 0.6) is 0 Å². The number of hydrogen-bond acceptors (Lipinski definition) is 7. The molecule has 22 heavy (non-hydrogen) atoms. The highest BCUT2D eigenvalue weighted by Crippen LogP contribution is 2.37. The average Bonchev–Trinajstić information content (AvgIpc) is 2.18. The molecule has 0 aliphatic rings. The van der Waals surface area contributed by atoms with Crippen molar-refractivity contribution in [3.8, 4) is 0 Å². The van der Waals surface area contributed by atoms with Crippen molar-refractivity contribution in [2.24, 2.45) is 0 Å². The van der Waals surface area contributed by atoms with Crippen molar-refractivity contribution in [2.75, 3.05) is 0 Å². The van der Waals surface area contributed by atoms with Gasteiger partial charge in [-0.05, 0) is 0 Å². The summed E-state index contributed by atoms with van der Waals surface area (Å²) in [5, 5.41) is -13.4. The second-order valence-electron chi connectivity index (χ2n) is 4.05. The molecule has 0 rings (SSSR count). The monoisotopic (exact) mass is 400 g/mol. The Kier molecular flexibility index (Phi) is 6.26. The molecule has 6 nitrogen and oxygen atoms in total. The number of hydrogen-bond donors (Lipinski definition) is 0. The fourth-order valence-electron chi connectivity index (χ4n) is 0.720. The van der Waals surface area contributed by atoms with Gasteiger partial charge in [0.2, 0.25) is 0 Å². The van der Waals surface area contributed by atoms with Crippen LogP contribution in [0.15, 0.2) is 0 Å². The molecule has 0 amide bonds. The molecule has 15 heteroatoms. The molecule has 0 fully saturated rings. The number of halogens is 6. The Bertz CT molecular complexity index is 540. The zero-order valence-corrected chi connectivity index (χ0v) is 13.5. The molecule has 0 aliphatic carbocycles. The summed E-state index contributed by atoms with van der Waals surface area (Å²) in [6.45, 7) is -0.408. The van der Waals surface area contributed by atoms with E-state index >= 15 is 0 Å². The van der Waals surface area contributed by atoms with Crippen LogP contribution in [-0.4, -0.2) is 37.4 Å². The lowest BCUT2D eigenvalue weighted by Gasteiger charge is -2.23. The molecule has 0 aromatic rings. The van der Waals surface area contributed by atoms with E-state index in [0.29, 0.717) is 0 Å². The Hall–Kier alpha value is -0.250. The van der Waals surface area contributed by atoms with E-state index in [4.69, 9.17) is 0 Å². The first-order chi connectivity index (χ1) is 9.34. The van der Waals surface area contributed by atoms with E-state index in [9.17, 15) is 43.2 Å². The minimum atomic E-state index is -6.20. The van der Waals surface area contributed by atoms with Gasteiger partial charge in [0.15, 0.2) is 0 Å². The minimum absolute atomic E-state index is 0.196. The molecular formula is C7H10F6O6S3. The second kappa shape index (κ2) is 6.33. The van der Waals surface area contributed by atoms with Gasteiger partial charge in [-0.2, -0.15) is 35.6 Å². The van der Waals surface area contributed by atoms with Crippen LogP contribution < -0.4 is 0 Å². The van der Waals surface area contributed by atoms with Gasteiger partial charge < -0.3 is 0 Å². The van der Waals surface area contributed by atoms with Gasteiger partial charge in [-0.25, -0.2) is 16.8 Å². The van der Waals surface area contributed by atoms with Crippen molar-refractivity contribution < 1.29 is 52.4 Å². The Morgan fingerprint density at radius 3 is 1.36 bits per heavy atom. The van der Waals surface area contributed by atoms with Crippen LogP contribution >= 0.6 is 12.0 Å². The highest BCUT2D eigenvalue weighted by atomic mass is 32.3. The molecule has 0 radical (unpaired) electrons. The molecule has 0 atom stereocenters. The maximum Gasteiger partial charge on any atom is 0.346 e. The summed E-state index contributed by atoms with van der Waals surface area (Å²) in [6, 6.07) is 0. The molecule has 0 spiro atoms. The summed E-state index contributed by atoms with van der Waals surface area (Å²) in [7, 11) is -12.4. The third kappa shape index (κ3) is 5.14. The van der Waals surface area contributed by atoms with Gasteiger partial charge in [0.25, 0.3) is 19.7 Å². The van der Waals surface area contributed by atoms with E-state index in [1.54, 1.807) is 0 Å². The quantitative estimate of drug-likeness (QED) is 0.268. The minimum Gasteiger partial charge on any atom is -0.219 e. The predicted molar refractivity (Wildman–Crippen MR) is 63.3 cm³/mol. The molecule has 134 valence electrons. The SMILES string of the molecule is CC(F)(F)SOOC(S(=O)(=O)C(C)(F)F)S(=O)(=O)C(C)(F)F. The molecule has 0 saturated heterocycles. The first-order valence-electron chi connectivity index (χ1n) is 4.95. The van der Waals surface area contributed by atoms with Crippen LogP contribution in [0.3, 0.4) is 0 Å².